The lowest BCUT2D eigenvalue weighted by atomic mass is 10.1. The number of benzene rings is 2. The maximum absolute atomic E-state index is 13.3. The number of aryl methyl sites for hydroxylation is 1. The van der Waals surface area contributed by atoms with Crippen molar-refractivity contribution in [3.8, 4) is 11.3 Å². The predicted molar refractivity (Wildman–Crippen MR) is 116 cm³/mol. The summed E-state index contributed by atoms with van der Waals surface area (Å²) in [5.41, 5.74) is 3.52. The molecule has 5 nitrogen and oxygen atoms in total. The van der Waals surface area contributed by atoms with Gasteiger partial charge < -0.3 is 14.3 Å². The van der Waals surface area contributed by atoms with Crippen LogP contribution in [0.15, 0.2) is 82.7 Å². The summed E-state index contributed by atoms with van der Waals surface area (Å²) in [6.45, 7) is 2.44. The molecule has 2 aromatic carbocycles. The fourth-order valence-corrected chi connectivity index (χ4v) is 3.86. The molecule has 0 atom stereocenters. The number of amides is 1. The normalized spacial score (nSPS) is 10.9. The summed E-state index contributed by atoms with van der Waals surface area (Å²) >= 11 is 1.34. The van der Waals surface area contributed by atoms with Crippen molar-refractivity contribution >= 4 is 23.4 Å². The highest BCUT2D eigenvalue weighted by molar-refractivity contribution is 7.99. The van der Waals surface area contributed by atoms with Gasteiger partial charge in [-0.1, -0.05) is 23.9 Å². The standard InChI is InChI=1S/C23H20FN3O2S/c1-16-4-2-5-19(12-16)26-22(28)15-30-23-25-13-21(17-7-9-18(24)10-8-17)27(23)14-20-6-3-11-29-20/h2-13H,14-15H2,1H3,(H,26,28). The largest absolute Gasteiger partial charge is 0.467 e. The minimum absolute atomic E-state index is 0.110. The Labute approximate surface area is 177 Å². The van der Waals surface area contributed by atoms with E-state index in [0.717, 1.165) is 28.3 Å². The third-order valence-electron chi connectivity index (χ3n) is 4.49. The Morgan fingerprint density at radius 1 is 1.17 bits per heavy atom. The summed E-state index contributed by atoms with van der Waals surface area (Å²) in [7, 11) is 0. The van der Waals surface area contributed by atoms with Gasteiger partial charge in [-0.3, -0.25) is 4.79 Å². The fraction of sp³-hybridized carbons (Fsp3) is 0.130. The molecule has 4 rings (SSSR count). The topological polar surface area (TPSA) is 60.1 Å². The number of halogens is 1. The monoisotopic (exact) mass is 421 g/mol. The molecule has 2 heterocycles. The van der Waals surface area contributed by atoms with Crippen LogP contribution in [0.5, 0.6) is 0 Å². The van der Waals surface area contributed by atoms with Crippen LogP contribution >= 0.6 is 11.8 Å². The van der Waals surface area contributed by atoms with E-state index < -0.39 is 0 Å². The van der Waals surface area contributed by atoms with Gasteiger partial charge in [-0.2, -0.15) is 0 Å². The second-order valence-electron chi connectivity index (χ2n) is 6.80. The van der Waals surface area contributed by atoms with E-state index in [0.29, 0.717) is 11.7 Å². The van der Waals surface area contributed by atoms with Crippen LogP contribution < -0.4 is 5.32 Å². The average Bonchev–Trinajstić information content (AvgIpc) is 3.38. The second kappa shape index (κ2) is 9.00. The molecule has 0 bridgehead atoms. The van der Waals surface area contributed by atoms with Crippen LogP contribution in [0.4, 0.5) is 10.1 Å². The van der Waals surface area contributed by atoms with Crippen LogP contribution in [0.2, 0.25) is 0 Å². The lowest BCUT2D eigenvalue weighted by Gasteiger charge is -2.11. The van der Waals surface area contributed by atoms with Gasteiger partial charge in [0.05, 0.1) is 30.5 Å². The van der Waals surface area contributed by atoms with Gasteiger partial charge in [-0.15, -0.1) is 0 Å². The molecule has 7 heteroatoms. The third-order valence-corrected chi connectivity index (χ3v) is 5.48. The van der Waals surface area contributed by atoms with Gasteiger partial charge in [-0.05, 0) is 66.6 Å². The number of rotatable bonds is 7. The molecule has 0 aliphatic rings. The number of anilines is 1. The van der Waals surface area contributed by atoms with Crippen molar-refractivity contribution in [2.45, 2.75) is 18.6 Å². The van der Waals surface area contributed by atoms with E-state index in [2.05, 4.69) is 10.3 Å². The molecular weight excluding hydrogens is 401 g/mol. The summed E-state index contributed by atoms with van der Waals surface area (Å²) in [6, 6.07) is 17.6. The van der Waals surface area contributed by atoms with E-state index in [9.17, 15) is 9.18 Å². The van der Waals surface area contributed by atoms with Gasteiger partial charge in [0.2, 0.25) is 5.91 Å². The van der Waals surface area contributed by atoms with Crippen molar-refractivity contribution < 1.29 is 13.6 Å². The zero-order valence-corrected chi connectivity index (χ0v) is 17.2. The first-order chi connectivity index (χ1) is 14.6. The van der Waals surface area contributed by atoms with Crippen molar-refractivity contribution in [1.82, 2.24) is 9.55 Å². The van der Waals surface area contributed by atoms with Crippen LogP contribution in [0, 0.1) is 12.7 Å². The van der Waals surface area contributed by atoms with Gasteiger partial charge in [0.15, 0.2) is 5.16 Å². The minimum atomic E-state index is -0.293. The zero-order chi connectivity index (χ0) is 20.9. The Kier molecular flexibility index (Phi) is 5.99. The summed E-state index contributed by atoms with van der Waals surface area (Å²) in [6.07, 6.45) is 3.35. The molecule has 30 heavy (non-hydrogen) atoms. The molecule has 4 aromatic rings. The van der Waals surface area contributed by atoms with E-state index in [1.165, 1.54) is 23.9 Å². The predicted octanol–water partition coefficient (Wildman–Crippen LogP) is 5.37. The fourth-order valence-electron chi connectivity index (χ4n) is 3.09. The van der Waals surface area contributed by atoms with Gasteiger partial charge in [-0.25, -0.2) is 9.37 Å². The number of hydrogen-bond acceptors (Lipinski definition) is 4. The smallest absolute Gasteiger partial charge is 0.234 e. The number of furan rings is 1. The van der Waals surface area contributed by atoms with Gasteiger partial charge in [0.1, 0.15) is 11.6 Å². The number of nitrogens with zero attached hydrogens (tertiary/aromatic N) is 2. The van der Waals surface area contributed by atoms with Crippen molar-refractivity contribution in [3.63, 3.8) is 0 Å². The number of hydrogen-bond donors (Lipinski definition) is 1. The Morgan fingerprint density at radius 2 is 2.00 bits per heavy atom. The van der Waals surface area contributed by atoms with Crippen molar-refractivity contribution in [1.29, 1.82) is 0 Å². The van der Waals surface area contributed by atoms with E-state index >= 15 is 0 Å². The maximum atomic E-state index is 13.3. The molecule has 0 saturated heterocycles. The second-order valence-corrected chi connectivity index (χ2v) is 7.75. The highest BCUT2D eigenvalue weighted by Gasteiger charge is 2.15. The molecule has 0 radical (unpaired) electrons. The van der Waals surface area contributed by atoms with Gasteiger partial charge in [0.25, 0.3) is 0 Å². The molecule has 0 unspecified atom stereocenters. The van der Waals surface area contributed by atoms with Crippen LogP contribution in [0.25, 0.3) is 11.3 Å². The van der Waals surface area contributed by atoms with E-state index in [-0.39, 0.29) is 17.5 Å². The van der Waals surface area contributed by atoms with Crippen molar-refractivity contribution in [3.05, 3.63) is 90.3 Å². The number of carbonyl (C=O) groups excluding carboxylic acids is 1. The molecule has 1 amide bonds. The minimum Gasteiger partial charge on any atom is -0.467 e. The summed E-state index contributed by atoms with van der Waals surface area (Å²) in [5.74, 6) is 0.577. The van der Waals surface area contributed by atoms with E-state index in [4.69, 9.17) is 4.42 Å². The number of aromatic nitrogens is 2. The Hall–Kier alpha value is -3.32. The Morgan fingerprint density at radius 3 is 2.73 bits per heavy atom. The maximum Gasteiger partial charge on any atom is 0.234 e. The highest BCUT2D eigenvalue weighted by atomic mass is 32.2. The number of imidazole rings is 1. The van der Waals surface area contributed by atoms with Gasteiger partial charge >= 0.3 is 0 Å². The number of thioether (sulfide) groups is 1. The first kappa shape index (κ1) is 20.0. The first-order valence-electron chi connectivity index (χ1n) is 9.41. The molecule has 0 spiro atoms. The molecule has 2 aromatic heterocycles. The Bertz CT molecular complexity index is 1140. The molecule has 0 fully saturated rings. The summed E-state index contributed by atoms with van der Waals surface area (Å²) in [4.78, 5) is 16.9. The first-order valence-corrected chi connectivity index (χ1v) is 10.4. The Balaban J connectivity index is 1.53. The lowest BCUT2D eigenvalue weighted by molar-refractivity contribution is -0.113. The van der Waals surface area contributed by atoms with Crippen LogP contribution in [0.3, 0.4) is 0 Å². The van der Waals surface area contributed by atoms with Gasteiger partial charge in [0, 0.05) is 5.69 Å². The molecule has 1 N–H and O–H groups in total. The lowest BCUT2D eigenvalue weighted by Crippen LogP contribution is -2.15. The molecular formula is C23H20FN3O2S. The van der Waals surface area contributed by atoms with Crippen LogP contribution in [-0.2, 0) is 11.3 Å². The molecule has 0 saturated carbocycles. The van der Waals surface area contributed by atoms with E-state index in [1.54, 1.807) is 24.6 Å². The highest BCUT2D eigenvalue weighted by Crippen LogP contribution is 2.28. The SMILES string of the molecule is Cc1cccc(NC(=O)CSc2ncc(-c3ccc(F)cc3)n2Cc2ccco2)c1. The van der Waals surface area contributed by atoms with Crippen molar-refractivity contribution in [2.24, 2.45) is 0 Å². The number of carbonyl (C=O) groups is 1. The average molecular weight is 421 g/mol. The molecule has 152 valence electrons. The zero-order valence-electron chi connectivity index (χ0n) is 16.3. The van der Waals surface area contributed by atoms with Crippen LogP contribution in [0.1, 0.15) is 11.3 Å². The molecule has 0 aliphatic heterocycles. The number of nitrogens with one attached hydrogen (secondary N) is 1. The summed E-state index contributed by atoms with van der Waals surface area (Å²) < 4.78 is 20.8. The van der Waals surface area contributed by atoms with Crippen molar-refractivity contribution in [2.75, 3.05) is 11.1 Å². The summed E-state index contributed by atoms with van der Waals surface area (Å²) in [5, 5.41) is 3.59. The van der Waals surface area contributed by atoms with Crippen LogP contribution in [-0.4, -0.2) is 21.2 Å². The quantitative estimate of drug-likeness (QED) is 0.408. The molecule has 0 aliphatic carbocycles. The third kappa shape index (κ3) is 4.80. The van der Waals surface area contributed by atoms with E-state index in [1.807, 2.05) is 47.9 Å².